The van der Waals surface area contributed by atoms with Gasteiger partial charge in [-0.2, -0.15) is 9.82 Å². The fourth-order valence-electron chi connectivity index (χ4n) is 3.31. The molecule has 4 aromatic rings. The lowest BCUT2D eigenvalue weighted by Crippen LogP contribution is -2.37. The predicted octanol–water partition coefficient (Wildman–Crippen LogP) is 2.94. The number of aryl methyl sites for hydroxylation is 2. The van der Waals surface area contributed by atoms with E-state index in [0.717, 1.165) is 0 Å². The fraction of sp³-hybridized carbons (Fsp3) is 0.136. The topological polar surface area (TPSA) is 106 Å². The molecule has 9 heteroatoms. The Labute approximate surface area is 180 Å². The van der Waals surface area contributed by atoms with Crippen molar-refractivity contribution in [3.8, 4) is 0 Å². The summed E-state index contributed by atoms with van der Waals surface area (Å²) in [6, 6.07) is 18.0. The van der Waals surface area contributed by atoms with Crippen molar-refractivity contribution < 1.29 is 13.2 Å². The molecule has 1 atom stereocenters. The molecule has 4 rings (SSSR count). The van der Waals surface area contributed by atoms with Gasteiger partial charge in [0.15, 0.2) is 5.65 Å². The number of para-hydroxylation sites is 1. The van der Waals surface area contributed by atoms with Gasteiger partial charge in [0.05, 0.1) is 5.69 Å². The third-order valence-electron chi connectivity index (χ3n) is 4.86. The maximum absolute atomic E-state index is 13.2. The van der Waals surface area contributed by atoms with Crippen LogP contribution in [0.4, 0.5) is 5.69 Å². The van der Waals surface area contributed by atoms with Crippen LogP contribution in [0.2, 0.25) is 0 Å². The van der Waals surface area contributed by atoms with Crippen molar-refractivity contribution in [2.24, 2.45) is 7.05 Å². The highest BCUT2D eigenvalue weighted by molar-refractivity contribution is 7.89. The fourth-order valence-corrected chi connectivity index (χ4v) is 4.47. The summed E-state index contributed by atoms with van der Waals surface area (Å²) >= 11 is 0. The third kappa shape index (κ3) is 4.32. The maximum Gasteiger partial charge on any atom is 0.247 e. The number of hydrogen-bond donors (Lipinski definition) is 2. The minimum absolute atomic E-state index is 0.0375. The molecule has 0 radical (unpaired) electrons. The molecule has 2 N–H and O–H groups in total. The van der Waals surface area contributed by atoms with Gasteiger partial charge in [-0.15, -0.1) is 0 Å². The number of benzene rings is 2. The number of pyridine rings is 1. The standard InChI is InChI=1S/C22H21N5O3S/c1-15-19-13-18(14-23-21(19)27(2)25-15)31(29,30)26-20(16-9-5-3-6-10-16)22(28)24-17-11-7-4-8-12-17/h3-14,20,26H,1-2H3,(H,24,28). The average molecular weight is 436 g/mol. The van der Waals surface area contributed by atoms with Gasteiger partial charge in [-0.1, -0.05) is 48.5 Å². The van der Waals surface area contributed by atoms with Crippen LogP contribution in [-0.2, 0) is 21.9 Å². The summed E-state index contributed by atoms with van der Waals surface area (Å²) in [5.74, 6) is -0.493. The van der Waals surface area contributed by atoms with Crippen LogP contribution >= 0.6 is 0 Å². The number of aromatic nitrogens is 3. The lowest BCUT2D eigenvalue weighted by molar-refractivity contribution is -0.117. The third-order valence-corrected chi connectivity index (χ3v) is 6.25. The number of carbonyl (C=O) groups excluding carboxylic acids is 1. The second kappa shape index (κ2) is 8.29. The Kier molecular flexibility index (Phi) is 5.53. The van der Waals surface area contributed by atoms with Crippen LogP contribution in [-0.4, -0.2) is 29.1 Å². The van der Waals surface area contributed by atoms with Crippen molar-refractivity contribution >= 4 is 32.7 Å². The first kappa shape index (κ1) is 20.7. The van der Waals surface area contributed by atoms with Gasteiger partial charge in [-0.05, 0) is 30.7 Å². The lowest BCUT2D eigenvalue weighted by Gasteiger charge is -2.19. The monoisotopic (exact) mass is 435 g/mol. The Morgan fingerprint density at radius 2 is 1.68 bits per heavy atom. The van der Waals surface area contributed by atoms with Gasteiger partial charge in [-0.25, -0.2) is 13.4 Å². The van der Waals surface area contributed by atoms with E-state index < -0.39 is 22.0 Å². The number of amides is 1. The van der Waals surface area contributed by atoms with Gasteiger partial charge < -0.3 is 5.32 Å². The first-order chi connectivity index (χ1) is 14.8. The number of hydrogen-bond acceptors (Lipinski definition) is 5. The summed E-state index contributed by atoms with van der Waals surface area (Å²) < 4.78 is 30.5. The summed E-state index contributed by atoms with van der Waals surface area (Å²) in [5, 5.41) is 7.67. The summed E-state index contributed by atoms with van der Waals surface area (Å²) in [5.41, 5.74) is 2.34. The quantitative estimate of drug-likeness (QED) is 0.484. The van der Waals surface area contributed by atoms with Crippen LogP contribution in [0.1, 0.15) is 17.3 Å². The Hall–Kier alpha value is -3.56. The lowest BCUT2D eigenvalue weighted by atomic mass is 10.1. The highest BCUT2D eigenvalue weighted by Crippen LogP contribution is 2.23. The molecule has 0 aliphatic rings. The molecule has 8 nitrogen and oxygen atoms in total. The van der Waals surface area contributed by atoms with E-state index in [9.17, 15) is 13.2 Å². The normalized spacial score (nSPS) is 12.6. The van der Waals surface area contributed by atoms with Crippen molar-refractivity contribution in [1.82, 2.24) is 19.5 Å². The molecule has 158 valence electrons. The van der Waals surface area contributed by atoms with E-state index in [0.29, 0.717) is 28.0 Å². The average Bonchev–Trinajstić information content (AvgIpc) is 3.06. The van der Waals surface area contributed by atoms with Gasteiger partial charge in [0.1, 0.15) is 10.9 Å². The molecule has 0 fully saturated rings. The highest BCUT2D eigenvalue weighted by atomic mass is 32.2. The molecule has 31 heavy (non-hydrogen) atoms. The molecule has 2 heterocycles. The zero-order chi connectivity index (χ0) is 22.0. The Balaban J connectivity index is 1.69. The molecule has 1 amide bonds. The molecular formula is C22H21N5O3S. The van der Waals surface area contributed by atoms with E-state index in [2.05, 4.69) is 20.1 Å². The zero-order valence-corrected chi connectivity index (χ0v) is 17.8. The summed E-state index contributed by atoms with van der Waals surface area (Å²) in [7, 11) is -2.31. The van der Waals surface area contributed by atoms with E-state index in [-0.39, 0.29) is 4.90 Å². The first-order valence-corrected chi connectivity index (χ1v) is 11.1. The number of anilines is 1. The molecule has 0 bridgehead atoms. The number of rotatable bonds is 6. The van der Waals surface area contributed by atoms with Crippen LogP contribution in [0.5, 0.6) is 0 Å². The number of fused-ring (bicyclic) bond motifs is 1. The van der Waals surface area contributed by atoms with Gasteiger partial charge in [-0.3, -0.25) is 9.48 Å². The number of nitrogens with one attached hydrogen (secondary N) is 2. The van der Waals surface area contributed by atoms with Crippen LogP contribution in [0.25, 0.3) is 11.0 Å². The van der Waals surface area contributed by atoms with E-state index in [1.54, 1.807) is 73.3 Å². The Bertz CT molecular complexity index is 1340. The summed E-state index contributed by atoms with van der Waals surface area (Å²) in [4.78, 5) is 17.2. The maximum atomic E-state index is 13.2. The Morgan fingerprint density at radius 1 is 1.03 bits per heavy atom. The van der Waals surface area contributed by atoms with Crippen LogP contribution in [0.15, 0.2) is 77.8 Å². The summed E-state index contributed by atoms with van der Waals surface area (Å²) in [6.07, 6.45) is 1.27. The van der Waals surface area contributed by atoms with Crippen LogP contribution in [0.3, 0.4) is 0 Å². The number of carbonyl (C=O) groups is 1. The second-order valence-corrected chi connectivity index (χ2v) is 8.79. The molecule has 2 aromatic carbocycles. The highest BCUT2D eigenvalue weighted by Gasteiger charge is 2.28. The van der Waals surface area contributed by atoms with Crippen molar-refractivity contribution in [2.45, 2.75) is 17.9 Å². The molecule has 2 aromatic heterocycles. The molecule has 0 spiro atoms. The predicted molar refractivity (Wildman–Crippen MR) is 118 cm³/mol. The second-order valence-electron chi connectivity index (χ2n) is 7.07. The largest absolute Gasteiger partial charge is 0.324 e. The molecular weight excluding hydrogens is 414 g/mol. The van der Waals surface area contributed by atoms with Gasteiger partial charge >= 0.3 is 0 Å². The first-order valence-electron chi connectivity index (χ1n) is 9.58. The van der Waals surface area contributed by atoms with Gasteiger partial charge in [0, 0.05) is 24.3 Å². The molecule has 0 saturated carbocycles. The minimum Gasteiger partial charge on any atom is -0.324 e. The molecule has 0 saturated heterocycles. The van der Waals surface area contributed by atoms with Crippen molar-refractivity contribution in [3.05, 3.63) is 84.2 Å². The minimum atomic E-state index is -4.05. The van der Waals surface area contributed by atoms with E-state index in [1.165, 1.54) is 12.3 Å². The molecule has 0 aliphatic carbocycles. The zero-order valence-electron chi connectivity index (χ0n) is 17.0. The van der Waals surface area contributed by atoms with Crippen LogP contribution in [0, 0.1) is 6.92 Å². The summed E-state index contributed by atoms with van der Waals surface area (Å²) in [6.45, 7) is 1.79. The number of sulfonamides is 1. The van der Waals surface area contributed by atoms with E-state index in [4.69, 9.17) is 0 Å². The molecule has 1 unspecified atom stereocenters. The smallest absolute Gasteiger partial charge is 0.247 e. The van der Waals surface area contributed by atoms with Crippen LogP contribution < -0.4 is 10.0 Å². The van der Waals surface area contributed by atoms with Crippen molar-refractivity contribution in [3.63, 3.8) is 0 Å². The van der Waals surface area contributed by atoms with Gasteiger partial charge in [0.2, 0.25) is 15.9 Å². The van der Waals surface area contributed by atoms with Crippen molar-refractivity contribution in [2.75, 3.05) is 5.32 Å². The van der Waals surface area contributed by atoms with Crippen molar-refractivity contribution in [1.29, 1.82) is 0 Å². The Morgan fingerprint density at radius 3 is 2.35 bits per heavy atom. The molecule has 0 aliphatic heterocycles. The SMILES string of the molecule is Cc1nn(C)c2ncc(S(=O)(=O)NC(C(=O)Nc3ccccc3)c3ccccc3)cc12. The number of nitrogens with zero attached hydrogens (tertiary/aromatic N) is 3. The van der Waals surface area contributed by atoms with Gasteiger partial charge in [0.25, 0.3) is 0 Å². The van der Waals surface area contributed by atoms with E-state index in [1.807, 2.05) is 6.07 Å². The van der Waals surface area contributed by atoms with E-state index >= 15 is 0 Å².